The van der Waals surface area contributed by atoms with Gasteiger partial charge in [0.1, 0.15) is 0 Å². The Kier molecular flexibility index (Phi) is 3.23. The second kappa shape index (κ2) is 5.38. The van der Waals surface area contributed by atoms with E-state index in [0.717, 1.165) is 19.4 Å². The SMILES string of the molecule is CCc1cn(CCc2c[nH]c3ccccc23)c2ccccc12. The molecule has 2 nitrogen and oxygen atoms in total. The summed E-state index contributed by atoms with van der Waals surface area (Å²) in [5.41, 5.74) is 5.41. The number of nitrogens with zero attached hydrogens (tertiary/aromatic N) is 1. The fourth-order valence-corrected chi connectivity index (χ4v) is 3.37. The molecule has 0 saturated heterocycles. The van der Waals surface area contributed by atoms with Crippen molar-refractivity contribution in [1.82, 2.24) is 9.55 Å². The Hall–Kier alpha value is -2.48. The number of para-hydroxylation sites is 2. The zero-order valence-electron chi connectivity index (χ0n) is 12.8. The molecule has 0 aliphatic heterocycles. The fourth-order valence-electron chi connectivity index (χ4n) is 3.37. The van der Waals surface area contributed by atoms with Gasteiger partial charge in [0.2, 0.25) is 0 Å². The maximum atomic E-state index is 3.37. The molecule has 4 rings (SSSR count). The van der Waals surface area contributed by atoms with Crippen LogP contribution in [0.15, 0.2) is 60.9 Å². The molecule has 4 aromatic rings. The lowest BCUT2D eigenvalue weighted by Crippen LogP contribution is -1.99. The molecule has 2 heteroatoms. The van der Waals surface area contributed by atoms with E-state index in [2.05, 4.69) is 77.4 Å². The molecule has 2 aromatic carbocycles. The number of nitrogens with one attached hydrogen (secondary N) is 1. The van der Waals surface area contributed by atoms with Crippen molar-refractivity contribution >= 4 is 21.8 Å². The van der Waals surface area contributed by atoms with Crippen LogP contribution in [0, 0.1) is 0 Å². The van der Waals surface area contributed by atoms with Crippen molar-refractivity contribution in [2.45, 2.75) is 26.3 Å². The van der Waals surface area contributed by atoms with Crippen LogP contribution in [0.2, 0.25) is 0 Å². The molecular formula is C20H20N2. The molecule has 0 amide bonds. The minimum Gasteiger partial charge on any atom is -0.361 e. The topological polar surface area (TPSA) is 20.7 Å². The first kappa shape index (κ1) is 13.2. The Morgan fingerprint density at radius 2 is 1.68 bits per heavy atom. The third-order valence-corrected chi connectivity index (χ3v) is 4.55. The maximum absolute atomic E-state index is 3.37. The largest absolute Gasteiger partial charge is 0.361 e. The van der Waals surface area contributed by atoms with Crippen LogP contribution in [0.25, 0.3) is 21.8 Å². The van der Waals surface area contributed by atoms with Gasteiger partial charge in [0, 0.05) is 40.7 Å². The summed E-state index contributed by atoms with van der Waals surface area (Å²) in [6.45, 7) is 3.24. The molecule has 0 saturated carbocycles. The van der Waals surface area contributed by atoms with Gasteiger partial charge in [0.05, 0.1) is 0 Å². The molecule has 2 heterocycles. The highest BCUT2D eigenvalue weighted by Gasteiger charge is 2.08. The van der Waals surface area contributed by atoms with Crippen molar-refractivity contribution in [1.29, 1.82) is 0 Å². The van der Waals surface area contributed by atoms with E-state index in [1.54, 1.807) is 0 Å². The Morgan fingerprint density at radius 1 is 0.909 bits per heavy atom. The molecule has 0 atom stereocenters. The summed E-state index contributed by atoms with van der Waals surface area (Å²) < 4.78 is 2.40. The van der Waals surface area contributed by atoms with E-state index in [9.17, 15) is 0 Å². The summed E-state index contributed by atoms with van der Waals surface area (Å²) in [4.78, 5) is 3.37. The van der Waals surface area contributed by atoms with E-state index in [0.29, 0.717) is 0 Å². The van der Waals surface area contributed by atoms with Gasteiger partial charge in [-0.15, -0.1) is 0 Å². The minimum absolute atomic E-state index is 1.02. The third kappa shape index (κ3) is 2.12. The first-order valence-corrected chi connectivity index (χ1v) is 7.98. The van der Waals surface area contributed by atoms with Crippen molar-refractivity contribution in [3.63, 3.8) is 0 Å². The molecule has 1 N–H and O–H groups in total. The number of rotatable bonds is 4. The van der Waals surface area contributed by atoms with E-state index < -0.39 is 0 Å². The number of aromatic amines is 1. The number of aryl methyl sites for hydroxylation is 3. The van der Waals surface area contributed by atoms with Gasteiger partial charge in [-0.2, -0.15) is 0 Å². The molecule has 0 radical (unpaired) electrons. The summed E-state index contributed by atoms with van der Waals surface area (Å²) >= 11 is 0. The van der Waals surface area contributed by atoms with E-state index in [-0.39, 0.29) is 0 Å². The molecule has 0 aliphatic rings. The first-order chi connectivity index (χ1) is 10.9. The van der Waals surface area contributed by atoms with Gasteiger partial charge < -0.3 is 9.55 Å². The first-order valence-electron chi connectivity index (χ1n) is 7.98. The Morgan fingerprint density at radius 3 is 2.55 bits per heavy atom. The van der Waals surface area contributed by atoms with Gasteiger partial charge in [0.15, 0.2) is 0 Å². The highest BCUT2D eigenvalue weighted by Crippen LogP contribution is 2.23. The van der Waals surface area contributed by atoms with Crippen molar-refractivity contribution < 1.29 is 0 Å². The lowest BCUT2D eigenvalue weighted by molar-refractivity contribution is 0.723. The average molecular weight is 288 g/mol. The Balaban J connectivity index is 1.67. The van der Waals surface area contributed by atoms with Crippen LogP contribution >= 0.6 is 0 Å². The van der Waals surface area contributed by atoms with Crippen LogP contribution in [0.1, 0.15) is 18.1 Å². The summed E-state index contributed by atoms with van der Waals surface area (Å²) in [5.74, 6) is 0. The fraction of sp³-hybridized carbons (Fsp3) is 0.200. The second-order valence-corrected chi connectivity index (χ2v) is 5.83. The molecule has 0 fully saturated rings. The van der Waals surface area contributed by atoms with Crippen LogP contribution < -0.4 is 0 Å². The summed E-state index contributed by atoms with van der Waals surface area (Å²) in [6.07, 6.45) is 6.60. The van der Waals surface area contributed by atoms with Crippen molar-refractivity contribution in [3.05, 3.63) is 72.1 Å². The van der Waals surface area contributed by atoms with Crippen LogP contribution in [-0.4, -0.2) is 9.55 Å². The Labute approximate surface area is 130 Å². The van der Waals surface area contributed by atoms with Crippen LogP contribution in [0.5, 0.6) is 0 Å². The number of benzene rings is 2. The van der Waals surface area contributed by atoms with Crippen LogP contribution in [0.3, 0.4) is 0 Å². The number of fused-ring (bicyclic) bond motifs is 2. The highest BCUT2D eigenvalue weighted by molar-refractivity contribution is 5.84. The molecular weight excluding hydrogens is 268 g/mol. The molecule has 110 valence electrons. The van der Waals surface area contributed by atoms with Crippen LogP contribution in [-0.2, 0) is 19.4 Å². The van der Waals surface area contributed by atoms with Gasteiger partial charge >= 0.3 is 0 Å². The van der Waals surface area contributed by atoms with Gasteiger partial charge in [-0.05, 0) is 36.1 Å². The molecule has 2 aromatic heterocycles. The van der Waals surface area contributed by atoms with Gasteiger partial charge in [-0.25, -0.2) is 0 Å². The van der Waals surface area contributed by atoms with Crippen molar-refractivity contribution in [3.8, 4) is 0 Å². The van der Waals surface area contributed by atoms with Crippen molar-refractivity contribution in [2.24, 2.45) is 0 Å². The number of H-pyrrole nitrogens is 1. The van der Waals surface area contributed by atoms with Gasteiger partial charge in [0.25, 0.3) is 0 Å². The quantitative estimate of drug-likeness (QED) is 0.550. The van der Waals surface area contributed by atoms with Gasteiger partial charge in [-0.1, -0.05) is 43.3 Å². The standard InChI is InChI=1S/C20H20N2/c1-2-15-14-22(20-10-6-4-8-18(15)20)12-11-16-13-21-19-9-5-3-7-17(16)19/h3-10,13-14,21H,2,11-12H2,1H3. The normalized spacial score (nSPS) is 11.5. The predicted molar refractivity (Wildman–Crippen MR) is 93.3 cm³/mol. The molecule has 0 bridgehead atoms. The number of aromatic nitrogens is 2. The van der Waals surface area contributed by atoms with E-state index in [1.165, 1.54) is 32.9 Å². The Bertz CT molecular complexity index is 927. The summed E-state index contributed by atoms with van der Waals surface area (Å²) in [7, 11) is 0. The molecule has 22 heavy (non-hydrogen) atoms. The molecule has 0 unspecified atom stereocenters. The van der Waals surface area contributed by atoms with Crippen molar-refractivity contribution in [2.75, 3.05) is 0 Å². The molecule has 0 spiro atoms. The third-order valence-electron chi connectivity index (χ3n) is 4.55. The number of hydrogen-bond donors (Lipinski definition) is 1. The smallest absolute Gasteiger partial charge is 0.0483 e. The lowest BCUT2D eigenvalue weighted by Gasteiger charge is -2.05. The van der Waals surface area contributed by atoms with E-state index in [1.807, 2.05) is 0 Å². The summed E-state index contributed by atoms with van der Waals surface area (Å²) in [6, 6.07) is 17.2. The predicted octanol–water partition coefficient (Wildman–Crippen LogP) is 4.93. The average Bonchev–Trinajstić information content (AvgIpc) is 3.14. The summed E-state index contributed by atoms with van der Waals surface area (Å²) in [5, 5.41) is 2.73. The second-order valence-electron chi connectivity index (χ2n) is 5.83. The minimum atomic E-state index is 1.02. The zero-order valence-corrected chi connectivity index (χ0v) is 12.8. The van der Waals surface area contributed by atoms with Gasteiger partial charge in [-0.3, -0.25) is 0 Å². The number of hydrogen-bond acceptors (Lipinski definition) is 0. The highest BCUT2D eigenvalue weighted by atomic mass is 15.0. The molecule has 0 aliphatic carbocycles. The zero-order chi connectivity index (χ0) is 14.9. The maximum Gasteiger partial charge on any atom is 0.0483 e. The lowest BCUT2D eigenvalue weighted by atomic mass is 10.1. The van der Waals surface area contributed by atoms with Crippen LogP contribution in [0.4, 0.5) is 0 Å². The monoisotopic (exact) mass is 288 g/mol. The van der Waals surface area contributed by atoms with E-state index >= 15 is 0 Å². The van der Waals surface area contributed by atoms with E-state index in [4.69, 9.17) is 0 Å².